The van der Waals surface area contributed by atoms with Gasteiger partial charge < -0.3 is 4.90 Å². The fourth-order valence-electron chi connectivity index (χ4n) is 1.64. The highest BCUT2D eigenvalue weighted by Gasteiger charge is 2.44. The molecule has 2 nitrogen and oxygen atoms in total. The van der Waals surface area contributed by atoms with E-state index in [-0.39, 0.29) is 11.3 Å². The van der Waals surface area contributed by atoms with E-state index in [1.54, 1.807) is 0 Å². The lowest BCUT2D eigenvalue weighted by Gasteiger charge is -2.44. The smallest absolute Gasteiger partial charge is 0.234 e. The van der Waals surface area contributed by atoms with Gasteiger partial charge in [-0.1, -0.05) is 0 Å². The maximum Gasteiger partial charge on any atom is 0.234 e. The second-order valence-corrected chi connectivity index (χ2v) is 5.50. The van der Waals surface area contributed by atoms with Gasteiger partial charge in [0.15, 0.2) is 0 Å². The van der Waals surface area contributed by atoms with E-state index in [0.717, 1.165) is 12.2 Å². The van der Waals surface area contributed by atoms with Crippen molar-refractivity contribution in [3.8, 4) is 0 Å². The second-order valence-electron chi connectivity index (χ2n) is 4.25. The third-order valence-electron chi connectivity index (χ3n) is 2.52. The lowest BCUT2D eigenvalue weighted by molar-refractivity contribution is -0.132. The van der Waals surface area contributed by atoms with Gasteiger partial charge in [0.2, 0.25) is 5.91 Å². The van der Waals surface area contributed by atoms with Crippen molar-refractivity contribution in [3.63, 3.8) is 0 Å². The van der Waals surface area contributed by atoms with E-state index in [1.165, 1.54) is 3.57 Å². The Morgan fingerprint density at radius 1 is 1.29 bits per heavy atom. The third-order valence-corrected chi connectivity index (χ3v) is 3.23. The molecule has 0 bridgehead atoms. The summed E-state index contributed by atoms with van der Waals surface area (Å²) in [6.45, 7) is 4.80. The molecule has 1 aromatic rings. The maximum absolute atomic E-state index is 11.7. The van der Waals surface area contributed by atoms with Crippen LogP contribution >= 0.6 is 22.6 Å². The molecule has 1 fully saturated rings. The van der Waals surface area contributed by atoms with Gasteiger partial charge in [-0.05, 0) is 60.7 Å². The summed E-state index contributed by atoms with van der Waals surface area (Å²) >= 11 is 2.26. The van der Waals surface area contributed by atoms with Gasteiger partial charge in [0.05, 0.1) is 5.41 Å². The van der Waals surface area contributed by atoms with E-state index in [9.17, 15) is 4.79 Å². The summed E-state index contributed by atoms with van der Waals surface area (Å²) in [5.74, 6) is 0.221. The highest BCUT2D eigenvalue weighted by atomic mass is 127. The number of carbonyl (C=O) groups excluding carboxylic acids is 1. The summed E-state index contributed by atoms with van der Waals surface area (Å²) in [4.78, 5) is 13.5. The van der Waals surface area contributed by atoms with E-state index in [0.29, 0.717) is 0 Å². The zero-order chi connectivity index (χ0) is 10.3. The number of nitrogens with zero attached hydrogens (tertiary/aromatic N) is 1. The molecule has 0 aromatic heterocycles. The van der Waals surface area contributed by atoms with Crippen molar-refractivity contribution < 1.29 is 4.79 Å². The zero-order valence-corrected chi connectivity index (χ0v) is 10.4. The quantitative estimate of drug-likeness (QED) is 0.577. The number of carbonyl (C=O) groups is 1. The first-order valence-electron chi connectivity index (χ1n) is 4.58. The van der Waals surface area contributed by atoms with Crippen molar-refractivity contribution in [1.29, 1.82) is 0 Å². The normalized spacial score (nSPS) is 19.4. The SMILES string of the molecule is CC1(C)CN(c2ccc(I)cc2)C1=O. The van der Waals surface area contributed by atoms with Gasteiger partial charge in [-0.2, -0.15) is 0 Å². The summed E-state index contributed by atoms with van der Waals surface area (Å²) in [6, 6.07) is 8.03. The van der Waals surface area contributed by atoms with Crippen LogP contribution in [0.15, 0.2) is 24.3 Å². The minimum atomic E-state index is -0.164. The van der Waals surface area contributed by atoms with Crippen LogP contribution in [0.3, 0.4) is 0 Å². The fraction of sp³-hybridized carbons (Fsp3) is 0.364. The molecule has 1 saturated heterocycles. The summed E-state index contributed by atoms with van der Waals surface area (Å²) in [7, 11) is 0. The van der Waals surface area contributed by atoms with Crippen LogP contribution < -0.4 is 4.90 Å². The molecule has 0 atom stereocenters. The highest BCUT2D eigenvalue weighted by Crippen LogP contribution is 2.34. The molecule has 0 saturated carbocycles. The van der Waals surface area contributed by atoms with Crippen molar-refractivity contribution >= 4 is 34.2 Å². The number of amides is 1. The van der Waals surface area contributed by atoms with Crippen LogP contribution in [-0.2, 0) is 4.79 Å². The van der Waals surface area contributed by atoms with Gasteiger partial charge in [0, 0.05) is 15.8 Å². The van der Waals surface area contributed by atoms with E-state index in [2.05, 4.69) is 22.6 Å². The Balaban J connectivity index is 2.20. The number of benzene rings is 1. The number of anilines is 1. The van der Waals surface area contributed by atoms with Gasteiger partial charge in [0.25, 0.3) is 0 Å². The predicted molar refractivity (Wildman–Crippen MR) is 65.3 cm³/mol. The molecule has 14 heavy (non-hydrogen) atoms. The lowest BCUT2D eigenvalue weighted by Crippen LogP contribution is -2.58. The van der Waals surface area contributed by atoms with E-state index in [4.69, 9.17) is 0 Å². The van der Waals surface area contributed by atoms with Gasteiger partial charge >= 0.3 is 0 Å². The van der Waals surface area contributed by atoms with E-state index >= 15 is 0 Å². The van der Waals surface area contributed by atoms with Crippen LogP contribution in [0.2, 0.25) is 0 Å². The summed E-state index contributed by atoms with van der Waals surface area (Å²) in [6.07, 6.45) is 0. The van der Waals surface area contributed by atoms with Crippen LogP contribution in [-0.4, -0.2) is 12.5 Å². The average molecular weight is 301 g/mol. The predicted octanol–water partition coefficient (Wildman–Crippen LogP) is 2.66. The average Bonchev–Trinajstić information content (AvgIpc) is 2.16. The second kappa shape index (κ2) is 3.22. The molecule has 74 valence electrons. The van der Waals surface area contributed by atoms with Crippen LogP contribution in [0.1, 0.15) is 13.8 Å². The van der Waals surface area contributed by atoms with Crippen LogP contribution in [0, 0.1) is 8.99 Å². The van der Waals surface area contributed by atoms with Crippen LogP contribution in [0.5, 0.6) is 0 Å². The molecule has 1 aliphatic rings. The van der Waals surface area contributed by atoms with Crippen molar-refractivity contribution in [2.24, 2.45) is 5.41 Å². The minimum absolute atomic E-state index is 0.164. The van der Waals surface area contributed by atoms with Crippen molar-refractivity contribution in [1.82, 2.24) is 0 Å². The number of β-lactam (4-membered cyclic amide) rings is 1. The first kappa shape index (κ1) is 9.96. The van der Waals surface area contributed by atoms with Crippen molar-refractivity contribution in [2.75, 3.05) is 11.4 Å². The molecule has 0 radical (unpaired) electrons. The Kier molecular flexibility index (Phi) is 2.29. The number of hydrogen-bond acceptors (Lipinski definition) is 1. The molecule has 0 spiro atoms. The zero-order valence-electron chi connectivity index (χ0n) is 8.25. The molecule has 0 aliphatic carbocycles. The van der Waals surface area contributed by atoms with Gasteiger partial charge in [-0.3, -0.25) is 4.79 Å². The Bertz CT molecular complexity index is 369. The monoisotopic (exact) mass is 301 g/mol. The van der Waals surface area contributed by atoms with Gasteiger partial charge in [0.1, 0.15) is 0 Å². The molecule has 1 heterocycles. The Hall–Kier alpha value is -0.580. The number of rotatable bonds is 1. The molecule has 3 heteroatoms. The third kappa shape index (κ3) is 1.54. The van der Waals surface area contributed by atoms with Crippen molar-refractivity contribution in [3.05, 3.63) is 27.8 Å². The molecule has 1 aliphatic heterocycles. The number of halogens is 1. The molecule has 1 amide bonds. The fourth-order valence-corrected chi connectivity index (χ4v) is 2.00. The molecule has 0 N–H and O–H groups in total. The first-order chi connectivity index (χ1) is 6.50. The largest absolute Gasteiger partial charge is 0.311 e. The topological polar surface area (TPSA) is 20.3 Å². The standard InChI is InChI=1S/C11H12INO/c1-11(2)7-13(10(11)14)9-5-3-8(12)4-6-9/h3-6H,7H2,1-2H3. The van der Waals surface area contributed by atoms with Crippen molar-refractivity contribution in [2.45, 2.75) is 13.8 Å². The van der Waals surface area contributed by atoms with Crippen LogP contribution in [0.25, 0.3) is 0 Å². The van der Waals surface area contributed by atoms with Crippen LogP contribution in [0.4, 0.5) is 5.69 Å². The Morgan fingerprint density at radius 3 is 2.29 bits per heavy atom. The minimum Gasteiger partial charge on any atom is -0.311 e. The first-order valence-corrected chi connectivity index (χ1v) is 5.66. The Labute approximate surface area is 97.4 Å². The Morgan fingerprint density at radius 2 is 1.86 bits per heavy atom. The molecule has 0 unspecified atom stereocenters. The van der Waals surface area contributed by atoms with Gasteiger partial charge in [-0.25, -0.2) is 0 Å². The van der Waals surface area contributed by atoms with E-state index < -0.39 is 0 Å². The lowest BCUT2D eigenvalue weighted by atomic mass is 9.83. The molecular formula is C11H12INO. The summed E-state index contributed by atoms with van der Waals surface area (Å²) in [5.41, 5.74) is 0.845. The number of hydrogen-bond donors (Lipinski definition) is 0. The highest BCUT2D eigenvalue weighted by molar-refractivity contribution is 14.1. The van der Waals surface area contributed by atoms with E-state index in [1.807, 2.05) is 43.0 Å². The van der Waals surface area contributed by atoms with Gasteiger partial charge in [-0.15, -0.1) is 0 Å². The maximum atomic E-state index is 11.7. The molecule has 2 rings (SSSR count). The summed E-state index contributed by atoms with van der Waals surface area (Å²) < 4.78 is 1.19. The molecule has 1 aromatic carbocycles. The summed E-state index contributed by atoms with van der Waals surface area (Å²) in [5, 5.41) is 0. The molecular weight excluding hydrogens is 289 g/mol.